The second-order valence-corrected chi connectivity index (χ2v) is 8.98. The van der Waals surface area contributed by atoms with Crippen molar-refractivity contribution in [2.24, 2.45) is 5.92 Å². The molecule has 0 aliphatic carbocycles. The van der Waals surface area contributed by atoms with Crippen LogP contribution in [0.3, 0.4) is 0 Å². The molecule has 1 aliphatic heterocycles. The molecule has 0 spiro atoms. The molecule has 1 fully saturated rings. The van der Waals surface area contributed by atoms with Crippen molar-refractivity contribution < 1.29 is 14.1 Å². The maximum Gasteiger partial charge on any atom is 0.325 e. The second kappa shape index (κ2) is 7.04. The summed E-state index contributed by atoms with van der Waals surface area (Å²) < 4.78 is 5.22. The van der Waals surface area contributed by atoms with Crippen molar-refractivity contribution >= 4 is 11.9 Å². The summed E-state index contributed by atoms with van der Waals surface area (Å²) in [6.45, 7) is 12.2. The molecule has 1 atom stereocenters. The largest absolute Gasteiger partial charge is 0.337 e. The monoisotopic (exact) mass is 384 g/mol. The summed E-state index contributed by atoms with van der Waals surface area (Å²) in [6, 6.07) is 7.33. The molecule has 1 aliphatic rings. The smallest absolute Gasteiger partial charge is 0.325 e. The van der Waals surface area contributed by atoms with Crippen LogP contribution in [0.1, 0.15) is 64.4 Å². The van der Waals surface area contributed by atoms with E-state index in [9.17, 15) is 9.59 Å². The minimum atomic E-state index is -1.12. The van der Waals surface area contributed by atoms with Gasteiger partial charge in [0, 0.05) is 6.42 Å². The molecule has 150 valence electrons. The Morgan fingerprint density at radius 1 is 1.18 bits per heavy atom. The Labute approximate surface area is 165 Å². The van der Waals surface area contributed by atoms with Crippen molar-refractivity contribution in [2.75, 3.05) is 0 Å². The lowest BCUT2D eigenvalue weighted by Gasteiger charge is -2.24. The molecule has 1 unspecified atom stereocenters. The number of rotatable bonds is 5. The third-order valence-electron chi connectivity index (χ3n) is 5.00. The van der Waals surface area contributed by atoms with Gasteiger partial charge in [-0.05, 0) is 29.4 Å². The Kier molecular flexibility index (Phi) is 5.04. The number of aromatic nitrogens is 2. The van der Waals surface area contributed by atoms with E-state index in [2.05, 4.69) is 50.1 Å². The van der Waals surface area contributed by atoms with E-state index in [0.29, 0.717) is 18.2 Å². The van der Waals surface area contributed by atoms with Crippen LogP contribution >= 0.6 is 0 Å². The van der Waals surface area contributed by atoms with E-state index in [0.717, 1.165) is 16.0 Å². The quantitative estimate of drug-likeness (QED) is 0.797. The highest BCUT2D eigenvalue weighted by molar-refractivity contribution is 6.07. The molecular weight excluding hydrogens is 356 g/mol. The highest BCUT2D eigenvalue weighted by Crippen LogP contribution is 2.31. The van der Waals surface area contributed by atoms with E-state index in [4.69, 9.17) is 4.52 Å². The standard InChI is InChI=1S/C21H28N4O3/c1-13(2)11-16-22-17(28-24-16)12-25-18(26)21(6,23-19(25)27)15-9-7-14(8-10-15)20(3,4)5/h7-10,13H,11-12H2,1-6H3,(H,23,27). The number of nitrogens with zero attached hydrogens (tertiary/aromatic N) is 3. The van der Waals surface area contributed by atoms with Crippen LogP contribution in [-0.2, 0) is 28.7 Å². The molecule has 7 heteroatoms. The molecule has 2 heterocycles. The number of benzene rings is 1. The lowest BCUT2D eigenvalue weighted by atomic mass is 9.84. The fourth-order valence-corrected chi connectivity index (χ4v) is 3.28. The van der Waals surface area contributed by atoms with Crippen LogP contribution in [-0.4, -0.2) is 27.0 Å². The molecule has 3 rings (SSSR count). The molecular formula is C21H28N4O3. The van der Waals surface area contributed by atoms with Gasteiger partial charge in [0.2, 0.25) is 5.89 Å². The Morgan fingerprint density at radius 3 is 2.39 bits per heavy atom. The molecule has 3 amide bonds. The number of urea groups is 1. The average molecular weight is 384 g/mol. The minimum absolute atomic E-state index is 0.0139. The van der Waals surface area contributed by atoms with E-state index in [1.807, 2.05) is 24.3 Å². The van der Waals surface area contributed by atoms with Gasteiger partial charge in [-0.1, -0.05) is 64.0 Å². The number of hydrogen-bond donors (Lipinski definition) is 1. The van der Waals surface area contributed by atoms with Crippen molar-refractivity contribution in [3.8, 4) is 0 Å². The van der Waals surface area contributed by atoms with E-state index in [1.54, 1.807) is 6.92 Å². The first-order valence-corrected chi connectivity index (χ1v) is 9.57. The van der Waals surface area contributed by atoms with Crippen molar-refractivity contribution in [3.05, 3.63) is 47.1 Å². The van der Waals surface area contributed by atoms with Gasteiger partial charge in [-0.3, -0.25) is 9.69 Å². The number of nitrogens with one attached hydrogen (secondary N) is 1. The second-order valence-electron chi connectivity index (χ2n) is 8.98. The Hall–Kier alpha value is -2.70. The van der Waals surface area contributed by atoms with E-state index in [1.165, 1.54) is 0 Å². The summed E-state index contributed by atoms with van der Waals surface area (Å²) in [5.41, 5.74) is 0.804. The first kappa shape index (κ1) is 20.0. The number of hydrogen-bond acceptors (Lipinski definition) is 5. The van der Waals surface area contributed by atoms with Crippen LogP contribution in [0.2, 0.25) is 0 Å². The highest BCUT2D eigenvalue weighted by atomic mass is 16.5. The first-order valence-electron chi connectivity index (χ1n) is 9.57. The van der Waals surface area contributed by atoms with Crippen molar-refractivity contribution in [2.45, 2.75) is 65.5 Å². The number of carbonyl (C=O) groups excluding carboxylic acids is 2. The van der Waals surface area contributed by atoms with Crippen LogP contribution < -0.4 is 5.32 Å². The number of imide groups is 1. The molecule has 0 radical (unpaired) electrons. The molecule has 0 bridgehead atoms. The molecule has 2 aromatic rings. The van der Waals surface area contributed by atoms with E-state index >= 15 is 0 Å². The van der Waals surface area contributed by atoms with Gasteiger partial charge in [0.05, 0.1) is 0 Å². The van der Waals surface area contributed by atoms with Gasteiger partial charge in [-0.25, -0.2) is 4.79 Å². The van der Waals surface area contributed by atoms with Gasteiger partial charge in [-0.15, -0.1) is 0 Å². The summed E-state index contributed by atoms with van der Waals surface area (Å²) in [7, 11) is 0. The third-order valence-corrected chi connectivity index (χ3v) is 5.00. The van der Waals surface area contributed by atoms with Gasteiger partial charge in [0.25, 0.3) is 5.91 Å². The maximum absolute atomic E-state index is 13.1. The van der Waals surface area contributed by atoms with Gasteiger partial charge in [0.1, 0.15) is 12.1 Å². The van der Waals surface area contributed by atoms with E-state index < -0.39 is 11.6 Å². The van der Waals surface area contributed by atoms with Crippen molar-refractivity contribution in [1.29, 1.82) is 0 Å². The van der Waals surface area contributed by atoms with Gasteiger partial charge >= 0.3 is 6.03 Å². The topological polar surface area (TPSA) is 88.3 Å². The zero-order valence-electron chi connectivity index (χ0n) is 17.4. The average Bonchev–Trinajstić information content (AvgIpc) is 3.12. The fourth-order valence-electron chi connectivity index (χ4n) is 3.28. The third kappa shape index (κ3) is 3.79. The van der Waals surface area contributed by atoms with E-state index in [-0.39, 0.29) is 23.8 Å². The van der Waals surface area contributed by atoms with Crippen LogP contribution in [0.25, 0.3) is 0 Å². The maximum atomic E-state index is 13.1. The van der Waals surface area contributed by atoms with Crippen LogP contribution in [0.15, 0.2) is 28.8 Å². The molecule has 28 heavy (non-hydrogen) atoms. The van der Waals surface area contributed by atoms with Gasteiger partial charge in [-0.2, -0.15) is 4.98 Å². The minimum Gasteiger partial charge on any atom is -0.337 e. The highest BCUT2D eigenvalue weighted by Gasteiger charge is 2.49. The first-order chi connectivity index (χ1) is 13.0. The summed E-state index contributed by atoms with van der Waals surface area (Å²) in [4.78, 5) is 31.0. The van der Waals surface area contributed by atoms with Crippen molar-refractivity contribution in [1.82, 2.24) is 20.4 Å². The normalized spacial score (nSPS) is 20.2. The summed E-state index contributed by atoms with van der Waals surface area (Å²) in [5.74, 6) is 0.898. The Balaban J connectivity index is 1.79. The lowest BCUT2D eigenvalue weighted by Crippen LogP contribution is -2.40. The SMILES string of the molecule is CC(C)Cc1noc(CN2C(=O)NC(C)(c3ccc(C(C)(C)C)cc3)C2=O)n1. The summed E-state index contributed by atoms with van der Waals surface area (Å²) in [6.07, 6.45) is 0.682. The molecule has 7 nitrogen and oxygen atoms in total. The van der Waals surface area contributed by atoms with Crippen molar-refractivity contribution in [3.63, 3.8) is 0 Å². The fraction of sp³-hybridized carbons (Fsp3) is 0.524. The zero-order chi connectivity index (χ0) is 20.7. The van der Waals surface area contributed by atoms with Gasteiger partial charge in [0.15, 0.2) is 5.82 Å². The molecule has 1 aromatic carbocycles. The summed E-state index contributed by atoms with van der Waals surface area (Å²) >= 11 is 0. The molecule has 1 saturated heterocycles. The zero-order valence-corrected chi connectivity index (χ0v) is 17.4. The summed E-state index contributed by atoms with van der Waals surface area (Å²) in [5, 5.41) is 6.73. The molecule has 1 aromatic heterocycles. The Morgan fingerprint density at radius 2 is 1.82 bits per heavy atom. The number of amides is 3. The molecule has 1 N–H and O–H groups in total. The van der Waals surface area contributed by atoms with Gasteiger partial charge < -0.3 is 9.84 Å². The Bertz CT molecular complexity index is 880. The number of carbonyl (C=O) groups is 2. The van der Waals surface area contributed by atoms with Crippen LogP contribution in [0.5, 0.6) is 0 Å². The van der Waals surface area contributed by atoms with Crippen LogP contribution in [0, 0.1) is 5.92 Å². The predicted molar refractivity (Wildman–Crippen MR) is 104 cm³/mol. The van der Waals surface area contributed by atoms with Crippen LogP contribution in [0.4, 0.5) is 4.79 Å². The lowest BCUT2D eigenvalue weighted by molar-refractivity contribution is -0.131. The molecule has 0 saturated carbocycles. The predicted octanol–water partition coefficient (Wildman–Crippen LogP) is 3.53.